The molecule has 0 bridgehead atoms. The Morgan fingerprint density at radius 2 is 2.10 bits per heavy atom. The normalized spacial score (nSPS) is 22.1. The van der Waals surface area contributed by atoms with Gasteiger partial charge in [0.05, 0.1) is 16.6 Å². The van der Waals surface area contributed by atoms with Gasteiger partial charge in [-0.15, -0.1) is 0 Å². The van der Waals surface area contributed by atoms with Crippen LogP contribution in [0.15, 0.2) is 35.7 Å². The highest BCUT2D eigenvalue weighted by atomic mass is 32.1. The van der Waals surface area contributed by atoms with Crippen molar-refractivity contribution in [3.63, 3.8) is 0 Å². The number of nitrogens with one attached hydrogen (secondary N) is 1. The molecule has 1 amide bonds. The van der Waals surface area contributed by atoms with Crippen LogP contribution in [0.4, 0.5) is 4.39 Å². The van der Waals surface area contributed by atoms with Crippen LogP contribution in [0.25, 0.3) is 0 Å². The average Bonchev–Trinajstić information content (AvgIpc) is 2.38. The van der Waals surface area contributed by atoms with Crippen molar-refractivity contribution in [2.75, 3.05) is 0 Å². The number of benzene rings is 1. The minimum atomic E-state index is -1.01. The van der Waals surface area contributed by atoms with Gasteiger partial charge in [-0.25, -0.2) is 4.39 Å². The SMILES string of the molecule is N#CC1=C(N)NC(=S)[C@@H](C(N)=O)[C@@H]1c1ccccc1F. The van der Waals surface area contributed by atoms with Crippen molar-refractivity contribution in [1.82, 2.24) is 5.32 Å². The number of nitriles is 1. The van der Waals surface area contributed by atoms with Gasteiger partial charge in [-0.05, 0) is 11.6 Å². The van der Waals surface area contributed by atoms with Crippen molar-refractivity contribution in [2.45, 2.75) is 5.92 Å². The Labute approximate surface area is 120 Å². The molecule has 20 heavy (non-hydrogen) atoms. The van der Waals surface area contributed by atoms with E-state index in [0.29, 0.717) is 0 Å². The zero-order valence-corrected chi connectivity index (χ0v) is 11.1. The van der Waals surface area contributed by atoms with Crippen molar-refractivity contribution < 1.29 is 9.18 Å². The second-order valence-electron chi connectivity index (χ2n) is 4.31. The molecule has 0 saturated heterocycles. The molecule has 1 aliphatic rings. The molecule has 0 radical (unpaired) electrons. The number of amides is 1. The highest BCUT2D eigenvalue weighted by Gasteiger charge is 2.40. The standard InChI is InChI=1S/C13H11FN4OS/c14-8-4-2-1-3-6(8)9-7(5-15)11(16)18-13(20)10(9)12(17)19/h1-4,9-10H,16H2,(H2,17,19)(H,18,20)/t9-,10-/m1/s1. The van der Waals surface area contributed by atoms with Crippen molar-refractivity contribution in [3.8, 4) is 6.07 Å². The Hall–Kier alpha value is -2.46. The van der Waals surface area contributed by atoms with E-state index >= 15 is 0 Å². The molecule has 0 aliphatic carbocycles. The van der Waals surface area contributed by atoms with Crippen LogP contribution in [0.3, 0.4) is 0 Å². The van der Waals surface area contributed by atoms with Gasteiger partial charge in [-0.3, -0.25) is 4.79 Å². The van der Waals surface area contributed by atoms with Crippen LogP contribution in [0, 0.1) is 23.1 Å². The van der Waals surface area contributed by atoms with Crippen LogP contribution in [0.1, 0.15) is 11.5 Å². The van der Waals surface area contributed by atoms with E-state index in [1.165, 1.54) is 18.2 Å². The fourth-order valence-corrected chi connectivity index (χ4v) is 2.61. The van der Waals surface area contributed by atoms with Gasteiger partial charge >= 0.3 is 0 Å². The molecule has 7 heteroatoms. The highest BCUT2D eigenvalue weighted by Crippen LogP contribution is 2.37. The van der Waals surface area contributed by atoms with Crippen molar-refractivity contribution in [1.29, 1.82) is 5.26 Å². The molecule has 0 spiro atoms. The Morgan fingerprint density at radius 3 is 2.65 bits per heavy atom. The second-order valence-corrected chi connectivity index (χ2v) is 4.75. The second kappa shape index (κ2) is 5.27. The molecule has 0 aromatic heterocycles. The Balaban J connectivity index is 2.68. The third-order valence-electron chi connectivity index (χ3n) is 3.14. The minimum Gasteiger partial charge on any atom is -0.384 e. The molecule has 5 nitrogen and oxygen atoms in total. The number of primary amides is 1. The summed E-state index contributed by atoms with van der Waals surface area (Å²) < 4.78 is 14.0. The fraction of sp³-hybridized carbons (Fsp3) is 0.154. The first-order valence-electron chi connectivity index (χ1n) is 5.71. The Bertz CT molecular complexity index is 665. The summed E-state index contributed by atoms with van der Waals surface area (Å²) in [5.74, 6) is -3.19. The summed E-state index contributed by atoms with van der Waals surface area (Å²) in [7, 11) is 0. The molecule has 2 rings (SSSR count). The predicted octanol–water partition coefficient (Wildman–Crippen LogP) is 0.635. The summed E-state index contributed by atoms with van der Waals surface area (Å²) in [6.45, 7) is 0. The third-order valence-corrected chi connectivity index (χ3v) is 3.50. The van der Waals surface area contributed by atoms with Gasteiger partial charge in [0.25, 0.3) is 0 Å². The zero-order chi connectivity index (χ0) is 14.9. The van der Waals surface area contributed by atoms with Gasteiger partial charge in [0.2, 0.25) is 5.91 Å². The lowest BCUT2D eigenvalue weighted by Crippen LogP contribution is -2.47. The quantitative estimate of drug-likeness (QED) is 0.693. The smallest absolute Gasteiger partial charge is 0.228 e. The molecule has 0 fully saturated rings. The van der Waals surface area contributed by atoms with Crippen LogP contribution in [-0.4, -0.2) is 10.9 Å². The topological polar surface area (TPSA) is 105 Å². The van der Waals surface area contributed by atoms with Crippen molar-refractivity contribution in [2.24, 2.45) is 17.4 Å². The van der Waals surface area contributed by atoms with E-state index < -0.39 is 23.6 Å². The van der Waals surface area contributed by atoms with Gasteiger partial charge in [0.15, 0.2) is 0 Å². The molecule has 1 aromatic rings. The fourth-order valence-electron chi connectivity index (χ4n) is 2.25. The lowest BCUT2D eigenvalue weighted by atomic mass is 9.78. The number of carbonyl (C=O) groups excluding carboxylic acids is 1. The summed E-state index contributed by atoms with van der Waals surface area (Å²) >= 11 is 5.04. The van der Waals surface area contributed by atoms with E-state index in [0.717, 1.165) is 0 Å². The summed E-state index contributed by atoms with van der Waals surface area (Å²) in [6, 6.07) is 7.73. The van der Waals surface area contributed by atoms with E-state index in [4.69, 9.17) is 23.7 Å². The minimum absolute atomic E-state index is 0.0169. The van der Waals surface area contributed by atoms with E-state index in [1.54, 1.807) is 6.07 Å². The number of hydrogen-bond acceptors (Lipinski definition) is 4. The Morgan fingerprint density at radius 1 is 1.45 bits per heavy atom. The molecule has 2 atom stereocenters. The molecule has 1 aliphatic heterocycles. The molecular formula is C13H11FN4OS. The maximum atomic E-state index is 14.0. The first kappa shape index (κ1) is 14.0. The van der Waals surface area contributed by atoms with Gasteiger partial charge in [0.1, 0.15) is 17.6 Å². The number of halogens is 1. The van der Waals surface area contributed by atoms with Crippen LogP contribution in [-0.2, 0) is 4.79 Å². The molecular weight excluding hydrogens is 279 g/mol. The van der Waals surface area contributed by atoms with Crippen molar-refractivity contribution in [3.05, 3.63) is 47.0 Å². The number of nitrogens with zero attached hydrogens (tertiary/aromatic N) is 1. The van der Waals surface area contributed by atoms with Gasteiger partial charge in [0, 0.05) is 5.92 Å². The summed E-state index contributed by atoms with van der Waals surface area (Å²) in [5.41, 5.74) is 11.3. The van der Waals surface area contributed by atoms with Gasteiger partial charge in [-0.1, -0.05) is 30.4 Å². The first-order valence-corrected chi connectivity index (χ1v) is 6.12. The van der Waals surface area contributed by atoms with E-state index in [2.05, 4.69) is 5.32 Å². The average molecular weight is 290 g/mol. The van der Waals surface area contributed by atoms with E-state index in [-0.39, 0.29) is 21.9 Å². The number of allylic oxidation sites excluding steroid dienone is 1. The molecule has 0 saturated carbocycles. The molecule has 0 unspecified atom stereocenters. The van der Waals surface area contributed by atoms with Gasteiger partial charge in [-0.2, -0.15) is 5.26 Å². The van der Waals surface area contributed by atoms with Crippen LogP contribution >= 0.6 is 12.2 Å². The lowest BCUT2D eigenvalue weighted by molar-refractivity contribution is -0.120. The van der Waals surface area contributed by atoms with Crippen LogP contribution < -0.4 is 16.8 Å². The summed E-state index contributed by atoms with van der Waals surface area (Å²) in [6.07, 6.45) is 0. The number of thiocarbonyl (C=S) groups is 1. The van der Waals surface area contributed by atoms with Crippen LogP contribution in [0.5, 0.6) is 0 Å². The first-order chi connectivity index (χ1) is 9.47. The van der Waals surface area contributed by atoms with E-state index in [1.807, 2.05) is 6.07 Å². The monoisotopic (exact) mass is 290 g/mol. The zero-order valence-electron chi connectivity index (χ0n) is 10.3. The maximum Gasteiger partial charge on any atom is 0.228 e. The molecule has 5 N–H and O–H groups in total. The molecule has 1 aromatic carbocycles. The maximum absolute atomic E-state index is 14.0. The molecule has 1 heterocycles. The summed E-state index contributed by atoms with van der Waals surface area (Å²) in [4.78, 5) is 11.7. The lowest BCUT2D eigenvalue weighted by Gasteiger charge is -2.31. The molecule has 102 valence electrons. The van der Waals surface area contributed by atoms with Crippen LogP contribution in [0.2, 0.25) is 0 Å². The Kier molecular flexibility index (Phi) is 3.68. The number of hydrogen-bond donors (Lipinski definition) is 3. The third kappa shape index (κ3) is 2.21. The van der Waals surface area contributed by atoms with Gasteiger partial charge < -0.3 is 16.8 Å². The number of nitrogens with two attached hydrogens (primary N) is 2. The predicted molar refractivity (Wildman–Crippen MR) is 74.4 cm³/mol. The van der Waals surface area contributed by atoms with Crippen molar-refractivity contribution >= 4 is 23.1 Å². The largest absolute Gasteiger partial charge is 0.384 e. The number of rotatable bonds is 2. The summed E-state index contributed by atoms with van der Waals surface area (Å²) in [5, 5.41) is 11.8. The highest BCUT2D eigenvalue weighted by molar-refractivity contribution is 7.80. The van der Waals surface area contributed by atoms with E-state index in [9.17, 15) is 14.4 Å². The number of carbonyl (C=O) groups is 1.